The average molecular weight is 291 g/mol. The van der Waals surface area contributed by atoms with Gasteiger partial charge in [0.15, 0.2) is 0 Å². The maximum atomic E-state index is 13.1. The van der Waals surface area contributed by atoms with Gasteiger partial charge in [-0.1, -0.05) is 12.1 Å². The molecule has 2 nitrogen and oxygen atoms in total. The molecule has 19 heavy (non-hydrogen) atoms. The highest BCUT2D eigenvalue weighted by Gasteiger charge is 2.35. The maximum absolute atomic E-state index is 13.1. The van der Waals surface area contributed by atoms with E-state index >= 15 is 0 Å². The van der Waals surface area contributed by atoms with Crippen LogP contribution in [0, 0.1) is 0 Å². The summed E-state index contributed by atoms with van der Waals surface area (Å²) in [6.45, 7) is 3.25. The van der Waals surface area contributed by atoms with Gasteiger partial charge in [-0.2, -0.15) is 13.2 Å². The number of fused-ring (bicyclic) bond motifs is 3. The Morgan fingerprint density at radius 1 is 1.32 bits per heavy atom. The molecule has 2 heterocycles. The molecule has 2 aromatic rings. The van der Waals surface area contributed by atoms with Crippen molar-refractivity contribution in [3.63, 3.8) is 0 Å². The Morgan fingerprint density at radius 2 is 2.05 bits per heavy atom. The minimum absolute atomic E-state index is 0. The van der Waals surface area contributed by atoms with E-state index in [2.05, 4.69) is 5.32 Å². The molecule has 1 aliphatic heterocycles. The molecule has 0 fully saturated rings. The van der Waals surface area contributed by atoms with Crippen molar-refractivity contribution in [2.24, 2.45) is 0 Å². The number of rotatable bonds is 0. The second-order valence-electron chi connectivity index (χ2n) is 4.73. The lowest BCUT2D eigenvalue weighted by Crippen LogP contribution is -2.31. The number of aromatic nitrogens is 1. The predicted octanol–water partition coefficient (Wildman–Crippen LogP) is 3.75. The zero-order valence-corrected chi connectivity index (χ0v) is 11.1. The first-order valence-corrected chi connectivity index (χ1v) is 5.89. The van der Waals surface area contributed by atoms with E-state index in [-0.39, 0.29) is 18.4 Å². The summed E-state index contributed by atoms with van der Waals surface area (Å²) in [6.07, 6.45) is -4.31. The van der Waals surface area contributed by atoms with Gasteiger partial charge in [0, 0.05) is 30.2 Å². The summed E-state index contributed by atoms with van der Waals surface area (Å²) < 4.78 is 41.0. The van der Waals surface area contributed by atoms with E-state index in [0.29, 0.717) is 24.0 Å². The van der Waals surface area contributed by atoms with E-state index in [1.165, 1.54) is 6.07 Å². The van der Waals surface area contributed by atoms with E-state index in [9.17, 15) is 13.2 Å². The summed E-state index contributed by atoms with van der Waals surface area (Å²) in [5.41, 5.74) is 0.689. The molecule has 1 aromatic carbocycles. The first-order valence-electron chi connectivity index (χ1n) is 5.89. The van der Waals surface area contributed by atoms with Crippen LogP contribution in [-0.4, -0.2) is 11.1 Å². The Hall–Kier alpha value is -1.20. The lowest BCUT2D eigenvalue weighted by atomic mass is 10.1. The second-order valence-corrected chi connectivity index (χ2v) is 4.73. The molecule has 0 radical (unpaired) electrons. The highest BCUT2D eigenvalue weighted by molar-refractivity contribution is 5.85. The van der Waals surface area contributed by atoms with Crippen molar-refractivity contribution in [3.05, 3.63) is 35.5 Å². The standard InChI is InChI=1S/C13H13F3N2.ClH/c1-8-6-17-7-10-5-9-3-2-4-11(13(14,15)16)12(9)18(8)10;/h2-5,8,17H,6-7H2,1H3;1H. The van der Waals surface area contributed by atoms with Gasteiger partial charge in [-0.3, -0.25) is 0 Å². The van der Waals surface area contributed by atoms with Gasteiger partial charge >= 0.3 is 6.18 Å². The van der Waals surface area contributed by atoms with Gasteiger partial charge in [-0.15, -0.1) is 12.4 Å². The monoisotopic (exact) mass is 290 g/mol. The lowest BCUT2D eigenvalue weighted by molar-refractivity contribution is -0.136. The molecule has 0 saturated heterocycles. The molecular formula is C13H14ClF3N2. The van der Waals surface area contributed by atoms with Crippen LogP contribution in [0.1, 0.15) is 24.2 Å². The van der Waals surface area contributed by atoms with Crippen LogP contribution in [0.5, 0.6) is 0 Å². The number of halogens is 4. The smallest absolute Gasteiger partial charge is 0.339 e. The van der Waals surface area contributed by atoms with Crippen molar-refractivity contribution in [3.8, 4) is 0 Å². The Bertz CT molecular complexity index is 604. The summed E-state index contributed by atoms with van der Waals surface area (Å²) in [5.74, 6) is 0. The molecule has 1 aliphatic rings. The SMILES string of the molecule is CC1CNCc2cc3cccc(C(F)(F)F)c3n21.Cl. The van der Waals surface area contributed by atoms with Gasteiger partial charge in [-0.05, 0) is 19.1 Å². The van der Waals surface area contributed by atoms with Crippen LogP contribution >= 0.6 is 12.4 Å². The predicted molar refractivity (Wildman–Crippen MR) is 70.6 cm³/mol. The Balaban J connectivity index is 0.00000133. The molecular weight excluding hydrogens is 277 g/mol. The van der Waals surface area contributed by atoms with E-state index < -0.39 is 11.7 Å². The third kappa shape index (κ3) is 2.21. The van der Waals surface area contributed by atoms with Gasteiger partial charge in [0.1, 0.15) is 0 Å². The van der Waals surface area contributed by atoms with Gasteiger partial charge in [0.05, 0.1) is 11.1 Å². The van der Waals surface area contributed by atoms with Crippen LogP contribution in [0.25, 0.3) is 10.9 Å². The maximum Gasteiger partial charge on any atom is 0.418 e. The first kappa shape index (κ1) is 14.2. The Morgan fingerprint density at radius 3 is 2.74 bits per heavy atom. The number of hydrogen-bond donors (Lipinski definition) is 1. The van der Waals surface area contributed by atoms with Gasteiger partial charge in [-0.25, -0.2) is 0 Å². The van der Waals surface area contributed by atoms with Crippen molar-refractivity contribution >= 4 is 23.3 Å². The number of nitrogens with one attached hydrogen (secondary N) is 1. The molecule has 6 heteroatoms. The Labute approximate surface area is 115 Å². The summed E-state index contributed by atoms with van der Waals surface area (Å²) in [7, 11) is 0. The van der Waals surface area contributed by atoms with Crippen LogP contribution in [-0.2, 0) is 12.7 Å². The fourth-order valence-electron chi connectivity index (χ4n) is 2.71. The highest BCUT2D eigenvalue weighted by atomic mass is 35.5. The quantitative estimate of drug-likeness (QED) is 0.782. The zero-order valence-electron chi connectivity index (χ0n) is 10.3. The first-order chi connectivity index (χ1) is 8.48. The van der Waals surface area contributed by atoms with Crippen molar-refractivity contribution in [1.29, 1.82) is 0 Å². The third-order valence-corrected chi connectivity index (χ3v) is 3.43. The largest absolute Gasteiger partial charge is 0.418 e. The number of nitrogens with zero attached hydrogens (tertiary/aromatic N) is 1. The number of hydrogen-bond acceptors (Lipinski definition) is 1. The molecule has 0 bridgehead atoms. The van der Waals surface area contributed by atoms with Crippen molar-refractivity contribution in [2.45, 2.75) is 25.7 Å². The van der Waals surface area contributed by atoms with Gasteiger partial charge in [0.25, 0.3) is 0 Å². The molecule has 0 amide bonds. The topological polar surface area (TPSA) is 17.0 Å². The molecule has 1 unspecified atom stereocenters. The van der Waals surface area contributed by atoms with Gasteiger partial charge in [0.2, 0.25) is 0 Å². The molecule has 0 aliphatic carbocycles. The number of benzene rings is 1. The third-order valence-electron chi connectivity index (χ3n) is 3.43. The summed E-state index contributed by atoms with van der Waals surface area (Å²) >= 11 is 0. The minimum atomic E-state index is -4.31. The van der Waals surface area contributed by atoms with Crippen molar-refractivity contribution in [1.82, 2.24) is 9.88 Å². The molecule has 1 atom stereocenters. The normalized spacial score (nSPS) is 19.1. The fraction of sp³-hybridized carbons (Fsp3) is 0.385. The molecule has 3 rings (SSSR count). The summed E-state index contributed by atoms with van der Waals surface area (Å²) in [5, 5.41) is 3.87. The minimum Gasteiger partial charge on any atom is -0.339 e. The zero-order chi connectivity index (χ0) is 12.9. The van der Waals surface area contributed by atoms with Crippen LogP contribution in [0.4, 0.5) is 13.2 Å². The number of alkyl halides is 3. The summed E-state index contributed by atoms with van der Waals surface area (Å²) in [6, 6.07) is 6.24. The fourth-order valence-corrected chi connectivity index (χ4v) is 2.71. The average Bonchev–Trinajstić information content (AvgIpc) is 2.66. The van der Waals surface area contributed by atoms with E-state index in [4.69, 9.17) is 0 Å². The molecule has 0 spiro atoms. The Kier molecular flexibility index (Phi) is 3.53. The van der Waals surface area contributed by atoms with Crippen LogP contribution in [0.2, 0.25) is 0 Å². The number of para-hydroxylation sites is 1. The molecule has 1 aromatic heterocycles. The van der Waals surface area contributed by atoms with Crippen molar-refractivity contribution < 1.29 is 13.2 Å². The molecule has 1 N–H and O–H groups in total. The van der Waals surface area contributed by atoms with E-state index in [1.807, 2.05) is 17.6 Å². The summed E-state index contributed by atoms with van der Waals surface area (Å²) in [4.78, 5) is 0. The van der Waals surface area contributed by atoms with Crippen LogP contribution < -0.4 is 5.32 Å². The second kappa shape index (κ2) is 4.72. The highest BCUT2D eigenvalue weighted by Crippen LogP contribution is 2.37. The van der Waals surface area contributed by atoms with Crippen molar-refractivity contribution in [2.75, 3.05) is 6.54 Å². The van der Waals surface area contributed by atoms with E-state index in [0.717, 1.165) is 11.8 Å². The lowest BCUT2D eigenvalue weighted by Gasteiger charge is -2.25. The van der Waals surface area contributed by atoms with Crippen LogP contribution in [0.3, 0.4) is 0 Å². The molecule has 0 saturated carbocycles. The van der Waals surface area contributed by atoms with E-state index in [1.54, 1.807) is 6.07 Å². The molecule has 104 valence electrons. The van der Waals surface area contributed by atoms with Gasteiger partial charge < -0.3 is 9.88 Å². The van der Waals surface area contributed by atoms with Crippen LogP contribution in [0.15, 0.2) is 24.3 Å².